The summed E-state index contributed by atoms with van der Waals surface area (Å²) in [4.78, 5) is 0. The van der Waals surface area contributed by atoms with Crippen molar-refractivity contribution in [1.29, 1.82) is 0 Å². The number of hydrogen-bond donors (Lipinski definition) is 0. The summed E-state index contributed by atoms with van der Waals surface area (Å²) in [6.45, 7) is 0. The second-order valence-corrected chi connectivity index (χ2v) is 17.7. The third-order valence-corrected chi connectivity index (χ3v) is 14.0. The van der Waals surface area contributed by atoms with Crippen molar-refractivity contribution in [2.75, 3.05) is 0 Å². The van der Waals surface area contributed by atoms with E-state index < -0.39 is 0 Å². The minimum Gasteiger partial charge on any atom is -0.314 e. The molecule has 6 aromatic heterocycles. The smallest absolute Gasteiger partial charge is 0.0809 e. The molecule has 0 bridgehead atoms. The van der Waals surface area contributed by atoms with Gasteiger partial charge in [-0.15, -0.1) is 0 Å². The van der Waals surface area contributed by atoms with Crippen LogP contribution >= 0.6 is 0 Å². The Morgan fingerprint density at radius 1 is 0.221 bits per heavy atom. The summed E-state index contributed by atoms with van der Waals surface area (Å²) in [5, 5.41) is 2.41. The van der Waals surface area contributed by atoms with E-state index in [2.05, 4.69) is 273 Å². The molecule has 0 atom stereocenters. The molecule has 14 rings (SSSR count). The molecule has 0 saturated carbocycles. The maximum Gasteiger partial charge on any atom is 0.0809 e. The highest BCUT2D eigenvalue weighted by Crippen LogP contribution is 2.46. The van der Waals surface area contributed by atoms with Gasteiger partial charge in [-0.3, -0.25) is 0 Å². The molecule has 0 aliphatic carbocycles. The van der Waals surface area contributed by atoms with E-state index in [-0.39, 0.29) is 0 Å². The van der Waals surface area contributed by atoms with E-state index >= 15 is 0 Å². The van der Waals surface area contributed by atoms with Crippen molar-refractivity contribution in [2.45, 2.75) is 0 Å². The van der Waals surface area contributed by atoms with Gasteiger partial charge in [-0.2, -0.15) is 0 Å². The van der Waals surface area contributed by atoms with Crippen LogP contribution in [-0.2, 0) is 0 Å². The molecule has 0 unspecified atom stereocenters. The topological polar surface area (TPSA) is 18.7 Å². The van der Waals surface area contributed by atoms with Crippen LogP contribution in [-0.4, -0.2) is 17.9 Å². The zero-order chi connectivity index (χ0) is 44.7. The first-order valence-electron chi connectivity index (χ1n) is 23.3. The number of fused-ring (bicyclic) bond motifs is 10. The van der Waals surface area contributed by atoms with Crippen LogP contribution in [0, 0.1) is 0 Å². The highest BCUT2D eigenvalue weighted by atomic mass is 15.0. The maximum absolute atomic E-state index is 2.48. The Kier molecular flexibility index (Phi) is 8.55. The first-order chi connectivity index (χ1) is 33.8. The van der Waals surface area contributed by atoms with Crippen molar-refractivity contribution < 1.29 is 0 Å². The molecule has 0 aliphatic heterocycles. The molecule has 0 aliphatic rings. The lowest BCUT2D eigenvalue weighted by molar-refractivity contribution is 1.18. The molecule has 0 fully saturated rings. The lowest BCUT2D eigenvalue weighted by atomic mass is 10.0. The van der Waals surface area contributed by atoms with Crippen molar-refractivity contribution in [3.05, 3.63) is 255 Å². The first kappa shape index (κ1) is 38.2. The molecular weight excluding hydrogens is 825 g/mol. The lowest BCUT2D eigenvalue weighted by Crippen LogP contribution is -1.95. The second-order valence-electron chi connectivity index (χ2n) is 17.7. The molecule has 6 heterocycles. The number of rotatable bonds is 7. The Morgan fingerprint density at radius 3 is 0.926 bits per heavy atom. The number of hydrogen-bond acceptors (Lipinski definition) is 0. The van der Waals surface area contributed by atoms with Crippen LogP contribution in [0.4, 0.5) is 0 Å². The van der Waals surface area contributed by atoms with Gasteiger partial charge in [0.05, 0.1) is 44.1 Å². The van der Waals surface area contributed by atoms with Crippen molar-refractivity contribution in [3.63, 3.8) is 0 Å². The molecule has 0 radical (unpaired) electrons. The molecule has 4 nitrogen and oxygen atoms in total. The van der Waals surface area contributed by atoms with Gasteiger partial charge in [-0.05, 0) is 117 Å². The summed E-state index contributed by atoms with van der Waals surface area (Å²) < 4.78 is 9.75. The quantitative estimate of drug-likeness (QED) is 0.152. The fourth-order valence-electron chi connectivity index (χ4n) is 11.0. The van der Waals surface area contributed by atoms with E-state index in [9.17, 15) is 0 Å². The summed E-state index contributed by atoms with van der Waals surface area (Å²) in [6, 6.07) is 88.3. The third kappa shape index (κ3) is 5.81. The van der Waals surface area contributed by atoms with Crippen LogP contribution < -0.4 is 0 Å². The summed E-state index contributed by atoms with van der Waals surface area (Å²) in [5.41, 5.74) is 23.7. The molecule has 0 amide bonds. The van der Waals surface area contributed by atoms with Crippen molar-refractivity contribution in [2.24, 2.45) is 0 Å². The van der Waals surface area contributed by atoms with Crippen LogP contribution in [0.25, 0.3) is 122 Å². The Morgan fingerprint density at radius 2 is 0.544 bits per heavy atom. The SMILES string of the molecule is c1ccc(-c2ccc(-n3c4ccc(-c5ccc6c(c5)c5c(c(-c7ccccc7)c7ccccn75)n6-c5ccc(-c6ccccc6)cc5)cc4c4c3c(-c3ccccc3)c3ccccn34)cc2)cc1. The standard InChI is InChI=1S/C64H42N4/c1-5-17-43(18-6-1)45-27-33-51(34-28-45)67-55-37-31-49(41-53(55)61-63(67)59(47-21-9-3-10-22-47)57-25-13-15-39-65(57)61)50-32-38-56-54(42-50)62-64(60(48-23-11-4-12-24-48)58-26-14-16-40-66(58)62)68(56)52-35-29-46(30-36-52)44-19-7-2-8-20-44/h1-42H. The van der Waals surface area contributed by atoms with Crippen molar-refractivity contribution >= 4 is 54.9 Å². The molecule has 68 heavy (non-hydrogen) atoms. The zero-order valence-corrected chi connectivity index (χ0v) is 37.0. The van der Waals surface area contributed by atoms with Crippen LogP contribution in [0.2, 0.25) is 0 Å². The maximum atomic E-state index is 2.48. The van der Waals surface area contributed by atoms with Crippen molar-refractivity contribution in [3.8, 4) is 67.0 Å². The van der Waals surface area contributed by atoms with Gasteiger partial charge in [0.15, 0.2) is 0 Å². The molecule has 0 spiro atoms. The molecule has 4 heteroatoms. The predicted octanol–water partition coefficient (Wildman–Crippen LogP) is 16.7. The Labute approximate surface area is 393 Å². The lowest BCUT2D eigenvalue weighted by Gasteiger charge is -2.12. The zero-order valence-electron chi connectivity index (χ0n) is 37.0. The van der Waals surface area contributed by atoms with Gasteiger partial charge < -0.3 is 17.9 Å². The van der Waals surface area contributed by atoms with Gasteiger partial charge in [0.2, 0.25) is 0 Å². The first-order valence-corrected chi connectivity index (χ1v) is 23.3. The summed E-state index contributed by atoms with van der Waals surface area (Å²) in [5.74, 6) is 0. The highest BCUT2D eigenvalue weighted by molar-refractivity contribution is 6.20. The molecule has 8 aromatic carbocycles. The Bertz CT molecular complexity index is 3920. The van der Waals surface area contributed by atoms with Crippen molar-refractivity contribution in [1.82, 2.24) is 17.9 Å². The largest absolute Gasteiger partial charge is 0.314 e. The average molecular weight is 867 g/mol. The van der Waals surface area contributed by atoms with Gasteiger partial charge in [-0.25, -0.2) is 0 Å². The van der Waals surface area contributed by atoms with Gasteiger partial charge in [0, 0.05) is 45.7 Å². The van der Waals surface area contributed by atoms with Gasteiger partial charge in [0.1, 0.15) is 0 Å². The number of benzene rings is 8. The molecule has 0 saturated heterocycles. The number of nitrogens with zero attached hydrogens (tertiary/aromatic N) is 4. The third-order valence-electron chi connectivity index (χ3n) is 14.0. The van der Waals surface area contributed by atoms with E-state index in [0.29, 0.717) is 0 Å². The van der Waals surface area contributed by atoms with Gasteiger partial charge >= 0.3 is 0 Å². The van der Waals surface area contributed by atoms with Crippen LogP contribution in [0.1, 0.15) is 0 Å². The van der Waals surface area contributed by atoms with Gasteiger partial charge in [-0.1, -0.05) is 170 Å². The monoisotopic (exact) mass is 866 g/mol. The van der Waals surface area contributed by atoms with E-state index in [0.717, 1.165) is 11.4 Å². The van der Waals surface area contributed by atoms with Gasteiger partial charge in [0.25, 0.3) is 0 Å². The number of pyridine rings is 2. The predicted molar refractivity (Wildman–Crippen MR) is 284 cm³/mol. The minimum atomic E-state index is 1.13. The van der Waals surface area contributed by atoms with E-state index in [1.165, 1.54) is 111 Å². The molecule has 318 valence electrons. The highest BCUT2D eigenvalue weighted by Gasteiger charge is 2.26. The van der Waals surface area contributed by atoms with Crippen LogP contribution in [0.5, 0.6) is 0 Å². The fraction of sp³-hybridized carbons (Fsp3) is 0. The van der Waals surface area contributed by atoms with E-state index in [1.54, 1.807) is 0 Å². The normalized spacial score (nSPS) is 11.8. The minimum absolute atomic E-state index is 1.13. The Hall–Kier alpha value is -9.12. The fourth-order valence-corrected chi connectivity index (χ4v) is 11.0. The number of aromatic nitrogens is 4. The van der Waals surface area contributed by atoms with Crippen LogP contribution in [0.15, 0.2) is 255 Å². The second kappa shape index (κ2) is 15.2. The van der Waals surface area contributed by atoms with E-state index in [4.69, 9.17) is 0 Å². The average Bonchev–Trinajstić information content (AvgIpc) is 4.14. The Balaban J connectivity index is 1.02. The summed E-state index contributed by atoms with van der Waals surface area (Å²) >= 11 is 0. The molecule has 14 aromatic rings. The summed E-state index contributed by atoms with van der Waals surface area (Å²) in [7, 11) is 0. The molecular formula is C64H42N4. The van der Waals surface area contributed by atoms with Crippen LogP contribution in [0.3, 0.4) is 0 Å². The van der Waals surface area contributed by atoms with E-state index in [1.807, 2.05) is 0 Å². The summed E-state index contributed by atoms with van der Waals surface area (Å²) in [6.07, 6.45) is 4.44. The molecule has 0 N–H and O–H groups in total.